The molecule has 1 heterocycles. The largest absolute Gasteiger partial charge is 0.327 e. The molecule has 1 aromatic carbocycles. The summed E-state index contributed by atoms with van der Waals surface area (Å²) in [5.41, 5.74) is 8.03. The lowest BCUT2D eigenvalue weighted by Crippen LogP contribution is -2.47. The predicted octanol–water partition coefficient (Wildman–Crippen LogP) is 2.29. The first-order valence-corrected chi connectivity index (χ1v) is 6.60. The van der Waals surface area contributed by atoms with E-state index in [9.17, 15) is 0 Å². The molecule has 3 atom stereocenters. The van der Waals surface area contributed by atoms with Crippen LogP contribution < -0.4 is 5.73 Å². The van der Waals surface area contributed by atoms with Gasteiger partial charge in [0.25, 0.3) is 0 Å². The first-order chi connectivity index (χ1) is 8.60. The van der Waals surface area contributed by atoms with Gasteiger partial charge in [-0.25, -0.2) is 0 Å². The van der Waals surface area contributed by atoms with E-state index in [1.165, 1.54) is 5.56 Å². The summed E-state index contributed by atoms with van der Waals surface area (Å²) < 4.78 is 0. The molecule has 3 nitrogen and oxygen atoms in total. The molecule has 0 saturated carbocycles. The molecule has 2 N–H and O–H groups in total. The molecule has 18 heavy (non-hydrogen) atoms. The lowest BCUT2D eigenvalue weighted by Gasteiger charge is -2.38. The van der Waals surface area contributed by atoms with E-state index in [2.05, 4.69) is 30.9 Å². The van der Waals surface area contributed by atoms with E-state index in [1.807, 2.05) is 18.2 Å². The van der Waals surface area contributed by atoms with E-state index in [0.29, 0.717) is 12.0 Å². The molecule has 2 rings (SSSR count). The molecule has 0 radical (unpaired) electrons. The molecule has 0 aromatic heterocycles. The van der Waals surface area contributed by atoms with Crippen LogP contribution in [0.2, 0.25) is 0 Å². The van der Waals surface area contributed by atoms with Crippen LogP contribution in [0.15, 0.2) is 24.3 Å². The minimum atomic E-state index is 0.273. The number of likely N-dealkylation sites (tertiary alicyclic amines) is 1. The Labute approximate surface area is 109 Å². The van der Waals surface area contributed by atoms with Crippen molar-refractivity contribution in [3.05, 3.63) is 35.4 Å². The van der Waals surface area contributed by atoms with E-state index in [0.717, 1.165) is 25.1 Å². The fourth-order valence-electron chi connectivity index (χ4n) is 2.84. The van der Waals surface area contributed by atoms with Gasteiger partial charge in [0.1, 0.15) is 0 Å². The quantitative estimate of drug-likeness (QED) is 0.867. The standard InChI is InChI=1S/C15H21N3/c1-11-6-15(17)10-18(9-11)12(2)14-5-3-4-13(7-14)8-16/h3-5,7,11-12,15H,6,9-10,17H2,1-2H3. The third-order valence-electron chi connectivity index (χ3n) is 3.77. The lowest BCUT2D eigenvalue weighted by molar-refractivity contribution is 0.124. The Bertz CT molecular complexity index is 439. The third kappa shape index (κ3) is 2.90. The molecule has 0 spiro atoms. The SMILES string of the molecule is CC1CC(N)CN(C(C)c2cccc(C#N)c2)C1. The number of nitrogens with zero attached hydrogens (tertiary/aromatic N) is 2. The van der Waals surface area contributed by atoms with E-state index in [4.69, 9.17) is 11.0 Å². The Kier molecular flexibility index (Phi) is 4.00. The molecule has 0 amide bonds. The highest BCUT2D eigenvalue weighted by Crippen LogP contribution is 2.26. The summed E-state index contributed by atoms with van der Waals surface area (Å²) in [5.74, 6) is 0.648. The summed E-state index contributed by atoms with van der Waals surface area (Å²) in [5, 5.41) is 8.95. The molecular weight excluding hydrogens is 222 g/mol. The molecule has 1 aliphatic rings. The van der Waals surface area contributed by atoms with Gasteiger partial charge < -0.3 is 5.73 Å². The molecule has 1 saturated heterocycles. The van der Waals surface area contributed by atoms with Gasteiger partial charge in [-0.2, -0.15) is 5.26 Å². The second-order valence-electron chi connectivity index (χ2n) is 5.47. The topological polar surface area (TPSA) is 53.0 Å². The van der Waals surface area contributed by atoms with Crippen LogP contribution in [0.5, 0.6) is 0 Å². The van der Waals surface area contributed by atoms with Gasteiger partial charge in [-0.15, -0.1) is 0 Å². The van der Waals surface area contributed by atoms with Crippen LogP contribution >= 0.6 is 0 Å². The van der Waals surface area contributed by atoms with Gasteiger partial charge in [-0.1, -0.05) is 19.1 Å². The number of nitriles is 1. The van der Waals surface area contributed by atoms with Crippen molar-refractivity contribution in [3.8, 4) is 6.07 Å². The normalized spacial score (nSPS) is 26.6. The second-order valence-corrected chi connectivity index (χ2v) is 5.47. The summed E-state index contributed by atoms with van der Waals surface area (Å²) in [4.78, 5) is 2.43. The van der Waals surface area contributed by atoms with Gasteiger partial charge in [0.2, 0.25) is 0 Å². The molecule has 96 valence electrons. The van der Waals surface area contributed by atoms with Crippen molar-refractivity contribution in [1.29, 1.82) is 5.26 Å². The van der Waals surface area contributed by atoms with Gasteiger partial charge >= 0.3 is 0 Å². The van der Waals surface area contributed by atoms with Crippen LogP contribution in [0.4, 0.5) is 0 Å². The number of benzene rings is 1. The molecule has 0 bridgehead atoms. The van der Waals surface area contributed by atoms with Crippen LogP contribution in [-0.2, 0) is 0 Å². The van der Waals surface area contributed by atoms with E-state index in [-0.39, 0.29) is 6.04 Å². The van der Waals surface area contributed by atoms with Gasteiger partial charge in [0, 0.05) is 25.2 Å². The highest BCUT2D eigenvalue weighted by atomic mass is 15.2. The van der Waals surface area contributed by atoms with Gasteiger partial charge in [0.05, 0.1) is 11.6 Å². The Balaban J connectivity index is 2.15. The van der Waals surface area contributed by atoms with Crippen molar-refractivity contribution >= 4 is 0 Å². The van der Waals surface area contributed by atoms with Crippen LogP contribution in [0.3, 0.4) is 0 Å². The van der Waals surface area contributed by atoms with Crippen LogP contribution in [0, 0.1) is 17.2 Å². The first-order valence-electron chi connectivity index (χ1n) is 6.60. The number of nitrogens with two attached hydrogens (primary N) is 1. The summed E-state index contributed by atoms with van der Waals surface area (Å²) >= 11 is 0. The van der Waals surface area contributed by atoms with Gasteiger partial charge in [-0.3, -0.25) is 4.90 Å². The molecule has 1 aliphatic heterocycles. The van der Waals surface area contributed by atoms with E-state index in [1.54, 1.807) is 0 Å². The fraction of sp³-hybridized carbons (Fsp3) is 0.533. The highest BCUT2D eigenvalue weighted by molar-refractivity contribution is 5.34. The Morgan fingerprint density at radius 2 is 2.22 bits per heavy atom. The van der Waals surface area contributed by atoms with Crippen molar-refractivity contribution in [1.82, 2.24) is 4.90 Å². The van der Waals surface area contributed by atoms with Crippen molar-refractivity contribution in [3.63, 3.8) is 0 Å². The fourth-order valence-corrected chi connectivity index (χ4v) is 2.84. The van der Waals surface area contributed by atoms with Crippen molar-refractivity contribution < 1.29 is 0 Å². The number of rotatable bonds is 2. The average molecular weight is 243 g/mol. The Morgan fingerprint density at radius 3 is 2.89 bits per heavy atom. The maximum atomic E-state index is 8.95. The zero-order chi connectivity index (χ0) is 13.1. The molecule has 1 aromatic rings. The maximum Gasteiger partial charge on any atom is 0.0991 e. The van der Waals surface area contributed by atoms with Crippen LogP contribution in [0.1, 0.15) is 37.4 Å². The molecule has 3 heteroatoms. The zero-order valence-electron chi connectivity index (χ0n) is 11.1. The molecule has 3 unspecified atom stereocenters. The van der Waals surface area contributed by atoms with Crippen molar-refractivity contribution in [2.24, 2.45) is 11.7 Å². The van der Waals surface area contributed by atoms with Crippen molar-refractivity contribution in [2.45, 2.75) is 32.4 Å². The smallest absolute Gasteiger partial charge is 0.0991 e. The van der Waals surface area contributed by atoms with Crippen LogP contribution in [-0.4, -0.2) is 24.0 Å². The zero-order valence-corrected chi connectivity index (χ0v) is 11.1. The van der Waals surface area contributed by atoms with Crippen molar-refractivity contribution in [2.75, 3.05) is 13.1 Å². The highest BCUT2D eigenvalue weighted by Gasteiger charge is 2.26. The van der Waals surface area contributed by atoms with E-state index >= 15 is 0 Å². The minimum Gasteiger partial charge on any atom is -0.327 e. The van der Waals surface area contributed by atoms with Gasteiger partial charge in [0.15, 0.2) is 0 Å². The van der Waals surface area contributed by atoms with E-state index < -0.39 is 0 Å². The molecule has 0 aliphatic carbocycles. The summed E-state index contributed by atoms with van der Waals surface area (Å²) in [7, 11) is 0. The summed E-state index contributed by atoms with van der Waals surface area (Å²) in [6.45, 7) is 6.49. The van der Waals surface area contributed by atoms with Gasteiger partial charge in [-0.05, 0) is 37.0 Å². The predicted molar refractivity (Wildman–Crippen MR) is 72.9 cm³/mol. The maximum absolute atomic E-state index is 8.95. The summed E-state index contributed by atoms with van der Waals surface area (Å²) in [6.07, 6.45) is 1.11. The first kappa shape index (κ1) is 13.1. The number of hydrogen-bond donors (Lipinski definition) is 1. The van der Waals surface area contributed by atoms with Crippen LogP contribution in [0.25, 0.3) is 0 Å². The summed E-state index contributed by atoms with van der Waals surface area (Å²) in [6, 6.07) is 10.7. The average Bonchev–Trinajstić information content (AvgIpc) is 2.37. The molecular formula is C15H21N3. The second kappa shape index (κ2) is 5.51. The number of hydrogen-bond acceptors (Lipinski definition) is 3. The monoisotopic (exact) mass is 243 g/mol. The number of piperidine rings is 1. The Morgan fingerprint density at radius 1 is 1.44 bits per heavy atom. The third-order valence-corrected chi connectivity index (χ3v) is 3.77. The lowest BCUT2D eigenvalue weighted by atomic mass is 9.93. The molecule has 1 fully saturated rings. The Hall–Kier alpha value is -1.37. The minimum absolute atomic E-state index is 0.273.